The van der Waals surface area contributed by atoms with E-state index in [1.807, 2.05) is 50.0 Å². The number of aromatic nitrogens is 1. The average Bonchev–Trinajstić information content (AvgIpc) is 2.98. The van der Waals surface area contributed by atoms with Crippen LogP contribution < -0.4 is 10.7 Å². The second-order valence-electron chi connectivity index (χ2n) is 7.64. The molecular weight excluding hydrogens is 316 g/mol. The number of esters is 1. The first-order valence-electron chi connectivity index (χ1n) is 9.35. The minimum atomic E-state index is -0.492. The molecule has 25 heavy (non-hydrogen) atoms. The van der Waals surface area contributed by atoms with Gasteiger partial charge < -0.3 is 10.1 Å². The molecule has 1 heterocycles. The van der Waals surface area contributed by atoms with E-state index >= 15 is 0 Å². The van der Waals surface area contributed by atoms with Gasteiger partial charge in [0.05, 0.1) is 0 Å². The maximum absolute atomic E-state index is 12.0. The first-order chi connectivity index (χ1) is 11.9. The molecule has 140 valence electrons. The lowest BCUT2D eigenvalue weighted by Crippen LogP contribution is -2.42. The van der Waals surface area contributed by atoms with Crippen LogP contribution in [-0.2, 0) is 9.53 Å². The minimum Gasteiger partial charge on any atom is -0.459 e. The van der Waals surface area contributed by atoms with Crippen LogP contribution in [0, 0.1) is 0 Å². The standard InChI is InChI=1S/C19H32N4O2/c1-19(2,3)25-17(24)15-20-18(22-23-13-9-10-14-23)21-16-11-7-5-4-6-8-12-16/h9-10,13-14,16H,4-8,11-12,15H2,1-3H3,(H2,20,21,22). The molecule has 6 nitrogen and oxygen atoms in total. The van der Waals surface area contributed by atoms with Gasteiger partial charge in [-0.15, -0.1) is 0 Å². The molecule has 1 aromatic rings. The minimum absolute atomic E-state index is 0.000587. The highest BCUT2D eigenvalue weighted by molar-refractivity contribution is 5.89. The van der Waals surface area contributed by atoms with Gasteiger partial charge in [0.1, 0.15) is 12.1 Å². The van der Waals surface area contributed by atoms with Crippen LogP contribution in [0.5, 0.6) is 0 Å². The summed E-state index contributed by atoms with van der Waals surface area (Å²) < 4.78 is 7.16. The van der Waals surface area contributed by atoms with Crippen LogP contribution in [0.25, 0.3) is 0 Å². The molecule has 0 aromatic carbocycles. The fourth-order valence-corrected chi connectivity index (χ4v) is 2.96. The van der Waals surface area contributed by atoms with Crippen molar-refractivity contribution in [1.29, 1.82) is 0 Å². The molecule has 0 saturated heterocycles. The number of hydrogen-bond acceptors (Lipinski definition) is 3. The van der Waals surface area contributed by atoms with Gasteiger partial charge in [0, 0.05) is 18.4 Å². The van der Waals surface area contributed by atoms with E-state index in [0.29, 0.717) is 12.0 Å². The Labute approximate surface area is 151 Å². The first kappa shape index (κ1) is 19.3. The van der Waals surface area contributed by atoms with Gasteiger partial charge >= 0.3 is 5.97 Å². The third kappa shape index (κ3) is 8.09. The number of hydrogen-bond donors (Lipinski definition) is 2. The Kier molecular flexibility index (Phi) is 7.34. The average molecular weight is 348 g/mol. The van der Waals surface area contributed by atoms with Gasteiger partial charge in [0.25, 0.3) is 0 Å². The van der Waals surface area contributed by atoms with Crippen molar-refractivity contribution in [3.8, 4) is 0 Å². The van der Waals surface area contributed by atoms with Crippen molar-refractivity contribution in [2.24, 2.45) is 4.99 Å². The quantitative estimate of drug-likeness (QED) is 0.497. The highest BCUT2D eigenvalue weighted by Crippen LogP contribution is 2.17. The molecule has 1 aromatic heterocycles. The normalized spacial score (nSPS) is 17.5. The topological polar surface area (TPSA) is 67.7 Å². The van der Waals surface area contributed by atoms with E-state index in [4.69, 9.17) is 4.74 Å². The zero-order valence-corrected chi connectivity index (χ0v) is 15.8. The number of nitrogens with one attached hydrogen (secondary N) is 2. The second-order valence-corrected chi connectivity index (χ2v) is 7.64. The molecule has 1 aliphatic carbocycles. The Bertz CT molecular complexity index is 538. The molecule has 0 radical (unpaired) electrons. The summed E-state index contributed by atoms with van der Waals surface area (Å²) >= 11 is 0. The summed E-state index contributed by atoms with van der Waals surface area (Å²) in [5, 5.41) is 3.49. The van der Waals surface area contributed by atoms with Crippen LogP contribution in [0.3, 0.4) is 0 Å². The summed E-state index contributed by atoms with van der Waals surface area (Å²) in [6, 6.07) is 4.27. The molecule has 0 atom stereocenters. The van der Waals surface area contributed by atoms with Crippen molar-refractivity contribution < 1.29 is 9.53 Å². The zero-order chi connectivity index (χ0) is 18.1. The SMILES string of the molecule is CC(C)(C)OC(=O)CN=C(NC1CCCCCCC1)Nn1cccc1. The molecule has 0 unspecified atom stereocenters. The Morgan fingerprint density at radius 2 is 1.72 bits per heavy atom. The van der Waals surface area contributed by atoms with Crippen molar-refractivity contribution in [2.75, 3.05) is 12.0 Å². The molecule has 1 aliphatic rings. The third-order valence-corrected chi connectivity index (χ3v) is 4.07. The van der Waals surface area contributed by atoms with Crippen LogP contribution >= 0.6 is 0 Å². The van der Waals surface area contributed by atoms with E-state index < -0.39 is 5.60 Å². The molecule has 0 spiro atoms. The first-order valence-corrected chi connectivity index (χ1v) is 9.35. The summed E-state index contributed by atoms with van der Waals surface area (Å²) in [6.45, 7) is 5.58. The molecular formula is C19H32N4O2. The number of aliphatic imine (C=N–C) groups is 1. The Morgan fingerprint density at radius 1 is 1.12 bits per heavy atom. The molecule has 0 amide bonds. The van der Waals surface area contributed by atoms with Crippen molar-refractivity contribution in [3.63, 3.8) is 0 Å². The zero-order valence-electron chi connectivity index (χ0n) is 15.8. The number of carbonyl (C=O) groups is 1. The van der Waals surface area contributed by atoms with Gasteiger partial charge in [0.15, 0.2) is 0 Å². The van der Waals surface area contributed by atoms with E-state index in [9.17, 15) is 4.79 Å². The summed E-state index contributed by atoms with van der Waals surface area (Å²) in [5.74, 6) is 0.298. The van der Waals surface area contributed by atoms with Crippen LogP contribution in [0.4, 0.5) is 0 Å². The highest BCUT2D eigenvalue weighted by Gasteiger charge is 2.17. The van der Waals surface area contributed by atoms with Gasteiger partial charge in [-0.05, 0) is 45.7 Å². The predicted octanol–water partition coefficient (Wildman–Crippen LogP) is 3.43. The van der Waals surface area contributed by atoms with Crippen molar-refractivity contribution in [2.45, 2.75) is 77.4 Å². The number of nitrogens with zero attached hydrogens (tertiary/aromatic N) is 2. The van der Waals surface area contributed by atoms with Gasteiger partial charge in [-0.1, -0.05) is 32.1 Å². The lowest BCUT2D eigenvalue weighted by atomic mass is 9.97. The second kappa shape index (κ2) is 9.49. The van der Waals surface area contributed by atoms with Gasteiger partial charge in [0.2, 0.25) is 5.96 Å². The molecule has 0 aliphatic heterocycles. The Morgan fingerprint density at radius 3 is 2.32 bits per heavy atom. The fraction of sp³-hybridized carbons (Fsp3) is 0.684. The third-order valence-electron chi connectivity index (χ3n) is 4.07. The molecule has 2 N–H and O–H groups in total. The van der Waals surface area contributed by atoms with Gasteiger partial charge in [-0.25, -0.2) is 4.99 Å². The maximum atomic E-state index is 12.0. The maximum Gasteiger partial charge on any atom is 0.328 e. The lowest BCUT2D eigenvalue weighted by Gasteiger charge is -2.24. The summed E-state index contributed by atoms with van der Waals surface area (Å²) in [6.07, 6.45) is 12.5. The van der Waals surface area contributed by atoms with E-state index in [1.54, 1.807) is 0 Å². The summed E-state index contributed by atoms with van der Waals surface area (Å²) in [4.78, 5) is 16.4. The molecule has 1 fully saturated rings. The van der Waals surface area contributed by atoms with Crippen LogP contribution in [-0.4, -0.2) is 34.8 Å². The molecule has 6 heteroatoms. The fourth-order valence-electron chi connectivity index (χ4n) is 2.96. The summed E-state index contributed by atoms with van der Waals surface area (Å²) in [7, 11) is 0. The Hall–Kier alpha value is -1.98. The number of carbonyl (C=O) groups excluding carboxylic acids is 1. The highest BCUT2D eigenvalue weighted by atomic mass is 16.6. The molecule has 0 bridgehead atoms. The number of guanidine groups is 1. The van der Waals surface area contributed by atoms with Crippen LogP contribution in [0.2, 0.25) is 0 Å². The number of ether oxygens (including phenoxy) is 1. The van der Waals surface area contributed by atoms with E-state index in [1.165, 1.54) is 32.1 Å². The van der Waals surface area contributed by atoms with Gasteiger partial charge in [-0.2, -0.15) is 0 Å². The smallest absolute Gasteiger partial charge is 0.328 e. The van der Waals surface area contributed by atoms with Crippen molar-refractivity contribution >= 4 is 11.9 Å². The van der Waals surface area contributed by atoms with Crippen molar-refractivity contribution in [3.05, 3.63) is 24.5 Å². The predicted molar refractivity (Wildman–Crippen MR) is 101 cm³/mol. The molecule has 2 rings (SSSR count). The van der Waals surface area contributed by atoms with Crippen LogP contribution in [0.1, 0.15) is 65.7 Å². The van der Waals surface area contributed by atoms with Crippen LogP contribution in [0.15, 0.2) is 29.5 Å². The Balaban J connectivity index is 1.98. The van der Waals surface area contributed by atoms with E-state index in [0.717, 1.165) is 12.8 Å². The lowest BCUT2D eigenvalue weighted by molar-refractivity contribution is -0.152. The number of rotatable bonds is 4. The van der Waals surface area contributed by atoms with E-state index in [2.05, 4.69) is 15.7 Å². The largest absolute Gasteiger partial charge is 0.459 e. The monoisotopic (exact) mass is 348 g/mol. The van der Waals surface area contributed by atoms with E-state index in [-0.39, 0.29) is 12.5 Å². The van der Waals surface area contributed by atoms with Gasteiger partial charge in [-0.3, -0.25) is 14.9 Å². The molecule has 1 saturated carbocycles. The van der Waals surface area contributed by atoms with Crippen molar-refractivity contribution in [1.82, 2.24) is 9.99 Å². The summed E-state index contributed by atoms with van der Waals surface area (Å²) in [5.41, 5.74) is 2.72.